The van der Waals surface area contributed by atoms with Gasteiger partial charge in [-0.3, -0.25) is 4.90 Å². The third kappa shape index (κ3) is 2.63. The van der Waals surface area contributed by atoms with E-state index in [2.05, 4.69) is 39.6 Å². The molecule has 5 heteroatoms. The van der Waals surface area contributed by atoms with Crippen molar-refractivity contribution in [2.75, 3.05) is 13.1 Å². The summed E-state index contributed by atoms with van der Waals surface area (Å²) >= 11 is 0. The molecule has 0 N–H and O–H groups in total. The number of hydrogen-bond donors (Lipinski definition) is 0. The fourth-order valence-corrected chi connectivity index (χ4v) is 2.76. The summed E-state index contributed by atoms with van der Waals surface area (Å²) in [6.07, 6.45) is 0.958. The van der Waals surface area contributed by atoms with Crippen molar-refractivity contribution >= 4 is 0 Å². The standard InChI is InChI=1S/C15H22N4O/c1-11(2)15-17-16-14-6-7-18(8-9-19(14)15)10-13-5-4-12(3)20-13/h4-5,11H,6-10H2,1-3H3. The fraction of sp³-hybridized carbons (Fsp3) is 0.600. The van der Waals surface area contributed by atoms with E-state index >= 15 is 0 Å². The Morgan fingerprint density at radius 1 is 1.20 bits per heavy atom. The van der Waals surface area contributed by atoms with Gasteiger partial charge in [0.1, 0.15) is 23.2 Å². The average Bonchev–Trinajstić information content (AvgIpc) is 2.94. The molecule has 1 aliphatic rings. The Bertz CT molecular complexity index is 584. The lowest BCUT2D eigenvalue weighted by molar-refractivity contribution is 0.246. The molecule has 0 radical (unpaired) electrons. The summed E-state index contributed by atoms with van der Waals surface area (Å²) in [5, 5.41) is 8.67. The number of rotatable bonds is 3. The number of aromatic nitrogens is 3. The van der Waals surface area contributed by atoms with Gasteiger partial charge in [0, 0.05) is 32.0 Å². The molecule has 2 aromatic heterocycles. The molecule has 0 saturated heterocycles. The highest BCUT2D eigenvalue weighted by Gasteiger charge is 2.20. The van der Waals surface area contributed by atoms with Crippen molar-refractivity contribution in [3.63, 3.8) is 0 Å². The molecule has 0 aliphatic carbocycles. The van der Waals surface area contributed by atoms with Gasteiger partial charge in [0.15, 0.2) is 0 Å². The predicted octanol–water partition coefficient (Wildman–Crippen LogP) is 2.36. The zero-order chi connectivity index (χ0) is 14.1. The van der Waals surface area contributed by atoms with Gasteiger partial charge in [-0.15, -0.1) is 10.2 Å². The second kappa shape index (κ2) is 5.40. The quantitative estimate of drug-likeness (QED) is 0.862. The van der Waals surface area contributed by atoms with Crippen LogP contribution in [-0.2, 0) is 19.5 Å². The molecule has 1 aliphatic heterocycles. The summed E-state index contributed by atoms with van der Waals surface area (Å²) in [5.41, 5.74) is 0. The molecule has 2 aromatic rings. The van der Waals surface area contributed by atoms with Crippen LogP contribution in [-0.4, -0.2) is 32.8 Å². The van der Waals surface area contributed by atoms with Gasteiger partial charge in [-0.25, -0.2) is 0 Å². The average molecular weight is 274 g/mol. The van der Waals surface area contributed by atoms with Crippen LogP contribution in [0.25, 0.3) is 0 Å². The highest BCUT2D eigenvalue weighted by molar-refractivity contribution is 5.06. The van der Waals surface area contributed by atoms with Crippen LogP contribution in [0.1, 0.15) is 42.9 Å². The Labute approximate surface area is 119 Å². The lowest BCUT2D eigenvalue weighted by atomic mass is 10.2. The van der Waals surface area contributed by atoms with Gasteiger partial charge in [-0.05, 0) is 19.1 Å². The highest BCUT2D eigenvalue weighted by Crippen LogP contribution is 2.18. The Balaban J connectivity index is 1.69. The molecule has 0 atom stereocenters. The van der Waals surface area contributed by atoms with Crippen LogP contribution in [0, 0.1) is 6.92 Å². The number of fused-ring (bicyclic) bond motifs is 1. The van der Waals surface area contributed by atoms with Crippen LogP contribution in [0.4, 0.5) is 0 Å². The van der Waals surface area contributed by atoms with Gasteiger partial charge >= 0.3 is 0 Å². The van der Waals surface area contributed by atoms with E-state index in [1.54, 1.807) is 0 Å². The minimum absolute atomic E-state index is 0.426. The SMILES string of the molecule is Cc1ccc(CN2CCc3nnc(C(C)C)n3CC2)o1. The Morgan fingerprint density at radius 3 is 2.75 bits per heavy atom. The van der Waals surface area contributed by atoms with Crippen LogP contribution in [0.2, 0.25) is 0 Å². The molecular weight excluding hydrogens is 252 g/mol. The lowest BCUT2D eigenvalue weighted by Crippen LogP contribution is -2.26. The minimum atomic E-state index is 0.426. The molecule has 3 rings (SSSR count). The van der Waals surface area contributed by atoms with Crippen molar-refractivity contribution in [1.29, 1.82) is 0 Å². The largest absolute Gasteiger partial charge is 0.465 e. The van der Waals surface area contributed by atoms with E-state index in [0.29, 0.717) is 5.92 Å². The van der Waals surface area contributed by atoms with Gasteiger partial charge in [0.2, 0.25) is 0 Å². The van der Waals surface area contributed by atoms with Crippen molar-refractivity contribution in [2.24, 2.45) is 0 Å². The van der Waals surface area contributed by atoms with E-state index in [0.717, 1.165) is 55.8 Å². The first-order valence-electron chi connectivity index (χ1n) is 7.33. The van der Waals surface area contributed by atoms with Crippen LogP contribution in [0.5, 0.6) is 0 Å². The molecule has 0 aromatic carbocycles. The van der Waals surface area contributed by atoms with Gasteiger partial charge in [0.05, 0.1) is 6.54 Å². The molecule has 108 valence electrons. The lowest BCUT2D eigenvalue weighted by Gasteiger charge is -2.18. The van der Waals surface area contributed by atoms with E-state index in [9.17, 15) is 0 Å². The Morgan fingerprint density at radius 2 is 2.05 bits per heavy atom. The smallest absolute Gasteiger partial charge is 0.135 e. The molecule has 0 bridgehead atoms. The first kappa shape index (κ1) is 13.4. The second-order valence-electron chi connectivity index (χ2n) is 5.82. The van der Waals surface area contributed by atoms with Crippen molar-refractivity contribution in [3.8, 4) is 0 Å². The molecular formula is C15H22N4O. The minimum Gasteiger partial charge on any atom is -0.465 e. The molecule has 0 amide bonds. The number of hydrogen-bond acceptors (Lipinski definition) is 4. The zero-order valence-corrected chi connectivity index (χ0v) is 12.5. The zero-order valence-electron chi connectivity index (χ0n) is 12.5. The van der Waals surface area contributed by atoms with Crippen LogP contribution < -0.4 is 0 Å². The van der Waals surface area contributed by atoms with Gasteiger partial charge in [-0.2, -0.15) is 0 Å². The van der Waals surface area contributed by atoms with E-state index in [1.165, 1.54) is 0 Å². The summed E-state index contributed by atoms with van der Waals surface area (Å²) in [7, 11) is 0. The van der Waals surface area contributed by atoms with Crippen LogP contribution in [0.3, 0.4) is 0 Å². The van der Waals surface area contributed by atoms with Crippen molar-refractivity contribution in [1.82, 2.24) is 19.7 Å². The topological polar surface area (TPSA) is 47.1 Å². The summed E-state index contributed by atoms with van der Waals surface area (Å²) in [6, 6.07) is 4.10. The van der Waals surface area contributed by atoms with Crippen LogP contribution >= 0.6 is 0 Å². The first-order valence-corrected chi connectivity index (χ1v) is 7.33. The van der Waals surface area contributed by atoms with Gasteiger partial charge in [-0.1, -0.05) is 13.8 Å². The van der Waals surface area contributed by atoms with Gasteiger partial charge in [0.25, 0.3) is 0 Å². The van der Waals surface area contributed by atoms with Crippen molar-refractivity contribution in [3.05, 3.63) is 35.3 Å². The maximum absolute atomic E-state index is 5.67. The van der Waals surface area contributed by atoms with Crippen molar-refractivity contribution in [2.45, 2.75) is 46.2 Å². The van der Waals surface area contributed by atoms with E-state index in [4.69, 9.17) is 4.42 Å². The van der Waals surface area contributed by atoms with Gasteiger partial charge < -0.3 is 8.98 Å². The number of aryl methyl sites for hydroxylation is 1. The predicted molar refractivity (Wildman–Crippen MR) is 76.5 cm³/mol. The summed E-state index contributed by atoms with van der Waals surface area (Å²) < 4.78 is 7.96. The third-order valence-corrected chi connectivity index (χ3v) is 3.84. The molecule has 3 heterocycles. The maximum Gasteiger partial charge on any atom is 0.135 e. The Kier molecular flexibility index (Phi) is 3.61. The third-order valence-electron chi connectivity index (χ3n) is 3.84. The summed E-state index contributed by atoms with van der Waals surface area (Å²) in [6.45, 7) is 10.2. The van der Waals surface area contributed by atoms with Crippen molar-refractivity contribution < 1.29 is 4.42 Å². The number of furan rings is 1. The summed E-state index contributed by atoms with van der Waals surface area (Å²) in [5.74, 6) is 4.68. The maximum atomic E-state index is 5.67. The van der Waals surface area contributed by atoms with E-state index in [1.807, 2.05) is 13.0 Å². The summed E-state index contributed by atoms with van der Waals surface area (Å²) in [4.78, 5) is 2.43. The molecule has 0 saturated carbocycles. The fourth-order valence-electron chi connectivity index (χ4n) is 2.76. The van der Waals surface area contributed by atoms with Crippen LogP contribution in [0.15, 0.2) is 16.5 Å². The molecule has 0 spiro atoms. The first-order chi connectivity index (χ1) is 9.63. The highest BCUT2D eigenvalue weighted by atomic mass is 16.3. The van der Waals surface area contributed by atoms with E-state index in [-0.39, 0.29) is 0 Å². The monoisotopic (exact) mass is 274 g/mol. The normalized spacial score (nSPS) is 16.4. The Hall–Kier alpha value is -1.62. The molecule has 0 unspecified atom stereocenters. The second-order valence-corrected chi connectivity index (χ2v) is 5.82. The molecule has 0 fully saturated rings. The number of nitrogens with zero attached hydrogens (tertiary/aromatic N) is 4. The van der Waals surface area contributed by atoms with E-state index < -0.39 is 0 Å². The molecule has 20 heavy (non-hydrogen) atoms. The molecule has 5 nitrogen and oxygen atoms in total.